The lowest BCUT2D eigenvalue weighted by atomic mass is 9.96. The molecule has 2 rings (SSSR count). The van der Waals surface area contributed by atoms with Gasteiger partial charge < -0.3 is 4.90 Å². The van der Waals surface area contributed by atoms with Gasteiger partial charge in [0, 0.05) is 12.6 Å². The Balaban J connectivity index is 2.15. The van der Waals surface area contributed by atoms with Gasteiger partial charge in [-0.3, -0.25) is 4.90 Å². The van der Waals surface area contributed by atoms with E-state index in [4.69, 9.17) is 0 Å². The number of rotatable bonds is 4. The normalized spacial score (nSPS) is 21.3. The van der Waals surface area contributed by atoms with Crippen molar-refractivity contribution in [2.24, 2.45) is 0 Å². The van der Waals surface area contributed by atoms with Gasteiger partial charge in [-0.25, -0.2) is 0 Å². The Kier molecular flexibility index (Phi) is 4.19. The van der Waals surface area contributed by atoms with Crippen molar-refractivity contribution < 1.29 is 0 Å². The molecule has 1 fully saturated rings. The van der Waals surface area contributed by atoms with Crippen molar-refractivity contribution in [3.8, 4) is 0 Å². The lowest BCUT2D eigenvalue weighted by Crippen LogP contribution is -2.20. The summed E-state index contributed by atoms with van der Waals surface area (Å²) in [6.07, 6.45) is 3.81. The summed E-state index contributed by atoms with van der Waals surface area (Å²) < 4.78 is 0. The largest absolute Gasteiger partial charge is 0.309 e. The van der Waals surface area contributed by atoms with Crippen LogP contribution in [0.1, 0.15) is 30.0 Å². The summed E-state index contributed by atoms with van der Waals surface area (Å²) >= 11 is 0. The van der Waals surface area contributed by atoms with Crippen molar-refractivity contribution in [1.82, 2.24) is 9.80 Å². The minimum Gasteiger partial charge on any atom is -0.309 e. The molecule has 1 aromatic carbocycles. The van der Waals surface area contributed by atoms with Crippen LogP contribution < -0.4 is 0 Å². The molecular formula is C15H24N2. The Morgan fingerprint density at radius 1 is 1.29 bits per heavy atom. The number of hydrogen-bond acceptors (Lipinski definition) is 2. The molecule has 0 saturated carbocycles. The third kappa shape index (κ3) is 3.08. The van der Waals surface area contributed by atoms with E-state index in [0.29, 0.717) is 6.04 Å². The van der Waals surface area contributed by atoms with E-state index >= 15 is 0 Å². The first-order valence-corrected chi connectivity index (χ1v) is 6.61. The molecule has 0 radical (unpaired) electrons. The maximum atomic E-state index is 2.49. The molecule has 1 aliphatic heterocycles. The van der Waals surface area contributed by atoms with Gasteiger partial charge in [-0.15, -0.1) is 0 Å². The standard InChI is InChI=1S/C15H24N2/c1-16(2)12-10-13-7-4-5-8-14(13)15-9-6-11-17(15)3/h4-5,7-8,15H,6,9-12H2,1-3H3. The topological polar surface area (TPSA) is 6.48 Å². The van der Waals surface area contributed by atoms with E-state index in [9.17, 15) is 0 Å². The Bertz CT molecular complexity index is 360. The molecule has 1 unspecified atom stereocenters. The number of likely N-dealkylation sites (N-methyl/N-ethyl adjacent to an activating group) is 1. The van der Waals surface area contributed by atoms with Crippen LogP contribution in [0.5, 0.6) is 0 Å². The molecule has 0 aliphatic carbocycles. The number of hydrogen-bond donors (Lipinski definition) is 0. The van der Waals surface area contributed by atoms with Crippen molar-refractivity contribution in [2.45, 2.75) is 25.3 Å². The van der Waals surface area contributed by atoms with Crippen LogP contribution in [0.25, 0.3) is 0 Å². The summed E-state index contributed by atoms with van der Waals surface area (Å²) in [5, 5.41) is 0. The molecule has 0 amide bonds. The van der Waals surface area contributed by atoms with E-state index in [2.05, 4.69) is 55.2 Å². The average Bonchev–Trinajstić information content (AvgIpc) is 2.73. The smallest absolute Gasteiger partial charge is 0.0348 e. The van der Waals surface area contributed by atoms with E-state index < -0.39 is 0 Å². The minimum absolute atomic E-state index is 0.647. The van der Waals surface area contributed by atoms with Gasteiger partial charge in [0.2, 0.25) is 0 Å². The molecule has 17 heavy (non-hydrogen) atoms. The third-order valence-corrected chi connectivity index (χ3v) is 3.76. The highest BCUT2D eigenvalue weighted by Crippen LogP contribution is 2.32. The fourth-order valence-electron chi connectivity index (χ4n) is 2.73. The van der Waals surface area contributed by atoms with Crippen LogP contribution in [-0.4, -0.2) is 44.0 Å². The first-order valence-electron chi connectivity index (χ1n) is 6.61. The summed E-state index contributed by atoms with van der Waals surface area (Å²) in [4.78, 5) is 4.75. The summed E-state index contributed by atoms with van der Waals surface area (Å²) in [6, 6.07) is 9.61. The van der Waals surface area contributed by atoms with Crippen molar-refractivity contribution in [2.75, 3.05) is 34.2 Å². The van der Waals surface area contributed by atoms with E-state index in [0.717, 1.165) is 13.0 Å². The zero-order valence-corrected chi connectivity index (χ0v) is 11.3. The van der Waals surface area contributed by atoms with Crippen LogP contribution in [-0.2, 0) is 6.42 Å². The second-order valence-electron chi connectivity index (χ2n) is 5.39. The summed E-state index contributed by atoms with van der Waals surface area (Å²) in [7, 11) is 6.54. The lowest BCUT2D eigenvalue weighted by molar-refractivity contribution is 0.315. The second-order valence-corrected chi connectivity index (χ2v) is 5.39. The zero-order chi connectivity index (χ0) is 12.3. The first-order chi connectivity index (χ1) is 8.18. The van der Waals surface area contributed by atoms with Crippen molar-refractivity contribution in [1.29, 1.82) is 0 Å². The predicted octanol–water partition coefficient (Wildman–Crippen LogP) is 2.56. The molecular weight excluding hydrogens is 208 g/mol. The fourth-order valence-corrected chi connectivity index (χ4v) is 2.73. The van der Waals surface area contributed by atoms with Crippen molar-refractivity contribution in [3.63, 3.8) is 0 Å². The van der Waals surface area contributed by atoms with Crippen molar-refractivity contribution in [3.05, 3.63) is 35.4 Å². The average molecular weight is 232 g/mol. The van der Waals surface area contributed by atoms with Crippen LogP contribution in [0, 0.1) is 0 Å². The summed E-state index contributed by atoms with van der Waals surface area (Å²) in [6.45, 7) is 2.38. The van der Waals surface area contributed by atoms with Crippen molar-refractivity contribution >= 4 is 0 Å². The molecule has 2 nitrogen and oxygen atoms in total. The monoisotopic (exact) mass is 232 g/mol. The van der Waals surface area contributed by atoms with E-state index in [1.54, 1.807) is 5.56 Å². The molecule has 94 valence electrons. The molecule has 1 heterocycles. The molecule has 0 bridgehead atoms. The molecule has 0 aromatic heterocycles. The molecule has 0 N–H and O–H groups in total. The molecule has 1 saturated heterocycles. The van der Waals surface area contributed by atoms with Gasteiger partial charge in [0.25, 0.3) is 0 Å². The highest BCUT2D eigenvalue weighted by Gasteiger charge is 2.24. The Hall–Kier alpha value is -0.860. The highest BCUT2D eigenvalue weighted by molar-refractivity contribution is 5.31. The van der Waals surface area contributed by atoms with E-state index in [1.165, 1.54) is 24.9 Å². The van der Waals surface area contributed by atoms with E-state index in [-0.39, 0.29) is 0 Å². The molecule has 0 spiro atoms. The quantitative estimate of drug-likeness (QED) is 0.787. The van der Waals surface area contributed by atoms with Gasteiger partial charge >= 0.3 is 0 Å². The van der Waals surface area contributed by atoms with Crippen LogP contribution in [0.4, 0.5) is 0 Å². The minimum atomic E-state index is 0.647. The summed E-state index contributed by atoms with van der Waals surface area (Å²) in [5.41, 5.74) is 3.08. The van der Waals surface area contributed by atoms with Gasteiger partial charge in [0.1, 0.15) is 0 Å². The number of likely N-dealkylation sites (tertiary alicyclic amines) is 1. The predicted molar refractivity (Wildman–Crippen MR) is 73.3 cm³/mol. The fraction of sp³-hybridized carbons (Fsp3) is 0.600. The Morgan fingerprint density at radius 2 is 2.06 bits per heavy atom. The maximum Gasteiger partial charge on any atom is 0.0348 e. The van der Waals surface area contributed by atoms with Gasteiger partial charge in [-0.05, 0) is 58.1 Å². The molecule has 1 aliphatic rings. The molecule has 1 aromatic rings. The SMILES string of the molecule is CN(C)CCc1ccccc1C1CCCN1C. The Morgan fingerprint density at radius 3 is 2.71 bits per heavy atom. The van der Waals surface area contributed by atoms with Gasteiger partial charge in [-0.2, -0.15) is 0 Å². The third-order valence-electron chi connectivity index (χ3n) is 3.76. The van der Waals surface area contributed by atoms with Gasteiger partial charge in [0.15, 0.2) is 0 Å². The summed E-state index contributed by atoms with van der Waals surface area (Å²) in [5.74, 6) is 0. The van der Waals surface area contributed by atoms with Gasteiger partial charge in [0.05, 0.1) is 0 Å². The van der Waals surface area contributed by atoms with Crippen LogP contribution >= 0.6 is 0 Å². The lowest BCUT2D eigenvalue weighted by Gasteiger charge is -2.23. The molecule has 2 heteroatoms. The van der Waals surface area contributed by atoms with E-state index in [1.807, 2.05) is 0 Å². The number of benzene rings is 1. The maximum absolute atomic E-state index is 2.49. The van der Waals surface area contributed by atoms with Crippen LogP contribution in [0.15, 0.2) is 24.3 Å². The number of nitrogens with zero attached hydrogens (tertiary/aromatic N) is 2. The first kappa shape index (κ1) is 12.6. The van der Waals surface area contributed by atoms with Gasteiger partial charge in [-0.1, -0.05) is 24.3 Å². The highest BCUT2D eigenvalue weighted by atomic mass is 15.1. The zero-order valence-electron chi connectivity index (χ0n) is 11.3. The van der Waals surface area contributed by atoms with Crippen LogP contribution in [0.3, 0.4) is 0 Å². The Labute approximate surface area is 105 Å². The van der Waals surface area contributed by atoms with Crippen LogP contribution in [0.2, 0.25) is 0 Å². The second kappa shape index (κ2) is 5.65. The molecule has 1 atom stereocenters.